The lowest BCUT2D eigenvalue weighted by Gasteiger charge is -2.26. The Morgan fingerprint density at radius 1 is 0.935 bits per heavy atom. The average molecular weight is 463 g/mol. The van der Waals surface area contributed by atoms with E-state index in [9.17, 15) is 9.59 Å². The molecule has 1 atom stereocenters. The first-order valence-corrected chi connectivity index (χ1v) is 12.0. The Morgan fingerprint density at radius 2 is 1.42 bits per heavy atom. The molecule has 0 fully saturated rings. The number of ether oxygens (including phenoxy) is 2. The maximum atomic E-state index is 12.8. The fourth-order valence-corrected chi connectivity index (χ4v) is 4.53. The van der Waals surface area contributed by atoms with Gasteiger partial charge in [0.05, 0.1) is 19.0 Å². The Bertz CT molecular complexity index is 855. The monoisotopic (exact) mass is 462 g/mol. The Morgan fingerprint density at radius 3 is 1.87 bits per heavy atom. The summed E-state index contributed by atoms with van der Waals surface area (Å²) in [6.07, 6.45) is 0. The SMILES string of the molecule is COc1ccc(CSC[C@H](NC(=O)C(C)(C)SCc2ccc(OC)cc2)C(N)=O)cc1. The number of nitrogens with two attached hydrogens (primary N) is 1. The Labute approximate surface area is 192 Å². The predicted molar refractivity (Wildman–Crippen MR) is 129 cm³/mol. The number of hydrogen-bond donors (Lipinski definition) is 2. The summed E-state index contributed by atoms with van der Waals surface area (Å²) in [4.78, 5) is 24.7. The highest BCUT2D eigenvalue weighted by atomic mass is 32.2. The first kappa shape index (κ1) is 24.9. The molecule has 168 valence electrons. The molecule has 6 nitrogen and oxygen atoms in total. The molecule has 0 aliphatic heterocycles. The van der Waals surface area contributed by atoms with E-state index in [1.165, 1.54) is 11.8 Å². The van der Waals surface area contributed by atoms with E-state index in [2.05, 4.69) is 5.32 Å². The Balaban J connectivity index is 1.86. The van der Waals surface area contributed by atoms with Gasteiger partial charge in [0, 0.05) is 17.3 Å². The van der Waals surface area contributed by atoms with Crippen molar-refractivity contribution in [2.45, 2.75) is 36.1 Å². The summed E-state index contributed by atoms with van der Waals surface area (Å²) in [5, 5.41) is 2.82. The van der Waals surface area contributed by atoms with Crippen molar-refractivity contribution in [1.82, 2.24) is 5.32 Å². The van der Waals surface area contributed by atoms with Gasteiger partial charge in [0.25, 0.3) is 0 Å². The van der Waals surface area contributed by atoms with Gasteiger partial charge in [-0.1, -0.05) is 24.3 Å². The van der Waals surface area contributed by atoms with Gasteiger partial charge in [-0.25, -0.2) is 0 Å². The third-order valence-electron chi connectivity index (χ3n) is 4.67. The molecule has 0 saturated carbocycles. The van der Waals surface area contributed by atoms with Gasteiger partial charge in [-0.2, -0.15) is 11.8 Å². The van der Waals surface area contributed by atoms with Crippen LogP contribution in [0.5, 0.6) is 11.5 Å². The third-order valence-corrected chi connectivity index (χ3v) is 7.16. The number of thioether (sulfide) groups is 2. The summed E-state index contributed by atoms with van der Waals surface area (Å²) in [6, 6.07) is 14.8. The first-order valence-electron chi connectivity index (χ1n) is 9.83. The van der Waals surface area contributed by atoms with Gasteiger partial charge >= 0.3 is 0 Å². The lowest BCUT2D eigenvalue weighted by atomic mass is 10.1. The van der Waals surface area contributed by atoms with Crippen LogP contribution in [-0.4, -0.2) is 42.6 Å². The maximum absolute atomic E-state index is 12.8. The highest BCUT2D eigenvalue weighted by Crippen LogP contribution is 2.29. The summed E-state index contributed by atoms with van der Waals surface area (Å²) in [6.45, 7) is 3.69. The molecule has 3 N–H and O–H groups in total. The number of methoxy groups -OCH3 is 2. The number of amides is 2. The molecular weight excluding hydrogens is 432 g/mol. The molecular formula is C23H30N2O4S2. The van der Waals surface area contributed by atoms with Gasteiger partial charge in [-0.15, -0.1) is 11.8 Å². The van der Waals surface area contributed by atoms with E-state index >= 15 is 0 Å². The van der Waals surface area contributed by atoms with Crippen LogP contribution in [0.15, 0.2) is 48.5 Å². The van der Waals surface area contributed by atoms with Crippen molar-refractivity contribution in [1.29, 1.82) is 0 Å². The highest BCUT2D eigenvalue weighted by molar-refractivity contribution is 8.00. The lowest BCUT2D eigenvalue weighted by molar-refractivity contribution is -0.127. The quantitative estimate of drug-likeness (QED) is 0.501. The van der Waals surface area contributed by atoms with Crippen LogP contribution in [0.1, 0.15) is 25.0 Å². The minimum Gasteiger partial charge on any atom is -0.497 e. The number of rotatable bonds is 12. The molecule has 2 amide bonds. The molecule has 0 aromatic heterocycles. The predicted octanol–water partition coefficient (Wildman–Crippen LogP) is 3.62. The summed E-state index contributed by atoms with van der Waals surface area (Å²) in [5.74, 6) is 2.63. The van der Waals surface area contributed by atoms with Crippen LogP contribution in [-0.2, 0) is 21.1 Å². The second-order valence-electron chi connectivity index (χ2n) is 7.44. The van der Waals surface area contributed by atoms with Crippen LogP contribution in [0.2, 0.25) is 0 Å². The normalized spacial score (nSPS) is 12.1. The van der Waals surface area contributed by atoms with Gasteiger partial charge in [0.15, 0.2) is 0 Å². The van der Waals surface area contributed by atoms with E-state index < -0.39 is 16.7 Å². The Hall–Kier alpha value is -2.32. The van der Waals surface area contributed by atoms with Crippen LogP contribution in [0.25, 0.3) is 0 Å². The van der Waals surface area contributed by atoms with Crippen LogP contribution in [0.3, 0.4) is 0 Å². The number of carbonyl (C=O) groups excluding carboxylic acids is 2. The number of nitrogens with one attached hydrogen (secondary N) is 1. The minimum atomic E-state index is -0.725. The molecule has 0 unspecified atom stereocenters. The topological polar surface area (TPSA) is 90.7 Å². The molecule has 2 rings (SSSR count). The smallest absolute Gasteiger partial charge is 0.240 e. The van der Waals surface area contributed by atoms with Gasteiger partial charge in [-0.05, 0) is 49.2 Å². The molecule has 0 saturated heterocycles. The zero-order valence-corrected chi connectivity index (χ0v) is 20.0. The van der Waals surface area contributed by atoms with Crippen molar-refractivity contribution >= 4 is 35.3 Å². The lowest BCUT2D eigenvalue weighted by Crippen LogP contribution is -2.51. The van der Waals surface area contributed by atoms with Crippen LogP contribution in [0.4, 0.5) is 0 Å². The van der Waals surface area contributed by atoms with Crippen LogP contribution in [0, 0.1) is 0 Å². The van der Waals surface area contributed by atoms with Crippen LogP contribution < -0.4 is 20.5 Å². The van der Waals surface area contributed by atoms with Crippen molar-refractivity contribution in [2.75, 3.05) is 20.0 Å². The maximum Gasteiger partial charge on any atom is 0.240 e. The third kappa shape index (κ3) is 8.03. The minimum absolute atomic E-state index is 0.208. The summed E-state index contributed by atoms with van der Waals surface area (Å²) >= 11 is 3.06. The van der Waals surface area contributed by atoms with E-state index in [1.807, 2.05) is 62.4 Å². The molecule has 0 spiro atoms. The molecule has 0 aliphatic rings. The summed E-state index contributed by atoms with van der Waals surface area (Å²) in [7, 11) is 3.25. The number of benzene rings is 2. The molecule has 0 heterocycles. The molecule has 2 aromatic rings. The summed E-state index contributed by atoms with van der Waals surface area (Å²) < 4.78 is 9.61. The van der Waals surface area contributed by atoms with E-state index in [-0.39, 0.29) is 5.91 Å². The Kier molecular flexibility index (Phi) is 9.58. The fraction of sp³-hybridized carbons (Fsp3) is 0.391. The van der Waals surface area contributed by atoms with Crippen molar-refractivity contribution in [2.24, 2.45) is 5.73 Å². The highest BCUT2D eigenvalue weighted by Gasteiger charge is 2.31. The van der Waals surface area contributed by atoms with Gasteiger partial charge in [0.1, 0.15) is 17.5 Å². The van der Waals surface area contributed by atoms with E-state index in [0.717, 1.165) is 22.6 Å². The standard InChI is InChI=1S/C23H30N2O4S2/c1-23(2,31-14-17-7-11-19(29-4)12-8-17)22(27)25-20(21(24)26)15-30-13-16-5-9-18(28-3)10-6-16/h5-12,20H,13-15H2,1-4H3,(H2,24,26)(H,25,27)/t20-/m0/s1. The fourth-order valence-electron chi connectivity index (χ4n) is 2.59. The van der Waals surface area contributed by atoms with E-state index in [4.69, 9.17) is 15.2 Å². The average Bonchev–Trinajstić information content (AvgIpc) is 2.77. The number of hydrogen-bond acceptors (Lipinski definition) is 6. The van der Waals surface area contributed by atoms with Crippen molar-refractivity contribution in [3.63, 3.8) is 0 Å². The second-order valence-corrected chi connectivity index (χ2v) is 10.1. The second kappa shape index (κ2) is 11.9. The zero-order chi connectivity index (χ0) is 22.9. The van der Waals surface area contributed by atoms with E-state index in [1.54, 1.807) is 26.0 Å². The van der Waals surface area contributed by atoms with Crippen molar-refractivity contribution < 1.29 is 19.1 Å². The van der Waals surface area contributed by atoms with Gasteiger partial charge in [-0.3, -0.25) is 9.59 Å². The molecule has 2 aromatic carbocycles. The molecule has 0 aliphatic carbocycles. The summed E-state index contributed by atoms with van der Waals surface area (Å²) in [5.41, 5.74) is 7.73. The zero-order valence-electron chi connectivity index (χ0n) is 18.3. The molecule has 0 radical (unpaired) electrons. The molecule has 8 heteroatoms. The van der Waals surface area contributed by atoms with E-state index in [0.29, 0.717) is 17.3 Å². The number of carbonyl (C=O) groups is 2. The molecule has 31 heavy (non-hydrogen) atoms. The molecule has 0 bridgehead atoms. The van der Waals surface area contributed by atoms with Crippen molar-refractivity contribution in [3.05, 3.63) is 59.7 Å². The van der Waals surface area contributed by atoms with Gasteiger partial charge in [0.2, 0.25) is 11.8 Å². The number of primary amides is 1. The first-order chi connectivity index (χ1) is 14.7. The van der Waals surface area contributed by atoms with Crippen LogP contribution >= 0.6 is 23.5 Å². The van der Waals surface area contributed by atoms with Gasteiger partial charge < -0.3 is 20.5 Å². The largest absolute Gasteiger partial charge is 0.497 e. The van der Waals surface area contributed by atoms with Crippen molar-refractivity contribution in [3.8, 4) is 11.5 Å².